The number of anilines is 1. The molecule has 1 aliphatic heterocycles. The molecule has 0 radical (unpaired) electrons. The van der Waals surface area contributed by atoms with E-state index in [2.05, 4.69) is 5.32 Å². The normalized spacial score (nSPS) is 19.5. The van der Waals surface area contributed by atoms with E-state index in [1.54, 1.807) is 18.2 Å². The van der Waals surface area contributed by atoms with Crippen molar-refractivity contribution in [3.05, 3.63) is 29.3 Å². The molecule has 1 aliphatic rings. The number of fused-ring (bicyclic) bond motifs is 1. The number of rotatable bonds is 2. The van der Waals surface area contributed by atoms with Crippen molar-refractivity contribution in [1.82, 2.24) is 0 Å². The highest BCUT2D eigenvalue weighted by molar-refractivity contribution is 6.37. The fraction of sp³-hybridized carbons (Fsp3) is 0.450. The Labute approximate surface area is 153 Å². The Morgan fingerprint density at radius 2 is 1.92 bits per heavy atom. The van der Waals surface area contributed by atoms with E-state index >= 15 is 0 Å². The van der Waals surface area contributed by atoms with E-state index in [-0.39, 0.29) is 48.2 Å². The molecule has 140 valence electrons. The number of carbonyl (C=O) groups excluding carboxylic acids is 3. The Balaban J connectivity index is 2.36. The van der Waals surface area contributed by atoms with Gasteiger partial charge in [0.1, 0.15) is 11.3 Å². The van der Waals surface area contributed by atoms with E-state index < -0.39 is 5.97 Å². The number of carbonyl (C=O) groups is 3. The highest BCUT2D eigenvalue weighted by Crippen LogP contribution is 2.29. The van der Waals surface area contributed by atoms with Crippen LogP contribution in [0.3, 0.4) is 0 Å². The first-order valence-electron chi connectivity index (χ1n) is 8.93. The summed E-state index contributed by atoms with van der Waals surface area (Å²) in [7, 11) is 0. The zero-order valence-electron chi connectivity index (χ0n) is 15.2. The van der Waals surface area contributed by atoms with Crippen LogP contribution in [-0.2, 0) is 14.3 Å². The van der Waals surface area contributed by atoms with Crippen molar-refractivity contribution in [1.29, 1.82) is 0 Å². The van der Waals surface area contributed by atoms with Gasteiger partial charge in [-0.3, -0.25) is 9.59 Å². The lowest BCUT2D eigenvalue weighted by Gasteiger charge is -2.15. The van der Waals surface area contributed by atoms with Crippen LogP contribution in [0.4, 0.5) is 5.69 Å². The van der Waals surface area contributed by atoms with Crippen LogP contribution in [-0.4, -0.2) is 35.8 Å². The molecule has 2 N–H and O–H groups in total. The number of phenols is 1. The third kappa shape index (κ3) is 5.18. The van der Waals surface area contributed by atoms with Gasteiger partial charge in [-0.2, -0.15) is 0 Å². The van der Waals surface area contributed by atoms with Crippen molar-refractivity contribution < 1.29 is 24.2 Å². The molecule has 0 aromatic heterocycles. The summed E-state index contributed by atoms with van der Waals surface area (Å²) in [4.78, 5) is 36.2. The van der Waals surface area contributed by atoms with Gasteiger partial charge < -0.3 is 15.2 Å². The minimum absolute atomic E-state index is 0.0548. The summed E-state index contributed by atoms with van der Waals surface area (Å²) < 4.78 is 5.32. The molecule has 0 unspecified atom stereocenters. The van der Waals surface area contributed by atoms with Crippen LogP contribution in [0.15, 0.2) is 18.2 Å². The molecule has 0 aliphatic carbocycles. The van der Waals surface area contributed by atoms with Crippen molar-refractivity contribution in [3.8, 4) is 5.75 Å². The van der Waals surface area contributed by atoms with Crippen molar-refractivity contribution in [3.63, 3.8) is 0 Å². The predicted octanol–water partition coefficient (Wildman–Crippen LogP) is 3.34. The lowest BCUT2D eigenvalue weighted by atomic mass is 9.99. The fourth-order valence-electron chi connectivity index (χ4n) is 2.76. The van der Waals surface area contributed by atoms with Crippen LogP contribution in [0, 0.1) is 5.92 Å². The summed E-state index contributed by atoms with van der Waals surface area (Å²) in [5, 5.41) is 13.4. The van der Waals surface area contributed by atoms with Gasteiger partial charge in [0.05, 0.1) is 6.61 Å². The number of ketones is 2. The largest absolute Gasteiger partial charge is 0.507 e. The maximum absolute atomic E-state index is 12.5. The van der Waals surface area contributed by atoms with Crippen LogP contribution in [0.1, 0.15) is 55.5 Å². The molecule has 1 heterocycles. The van der Waals surface area contributed by atoms with Gasteiger partial charge in [0.25, 0.3) is 0 Å². The number of allylic oxidation sites excluding steroid dienone is 1. The van der Waals surface area contributed by atoms with E-state index in [9.17, 15) is 19.5 Å². The summed E-state index contributed by atoms with van der Waals surface area (Å²) in [6.07, 6.45) is 4.56. The number of esters is 1. The minimum Gasteiger partial charge on any atom is -0.507 e. The number of Topliss-reactive ketones (excluding diaryl/α,β-unsaturated/α-hetero) is 2. The second-order valence-electron chi connectivity index (χ2n) is 6.52. The van der Waals surface area contributed by atoms with E-state index in [0.29, 0.717) is 30.6 Å². The number of benzene rings is 1. The standard InChI is InChI=1S/C20H25NO5/c1-3-21-15-10-14-6-4-5-7-16(22)17(23)9-8-13(2)12-26-20(25)19(14)18(24)11-15/h4,6,10-11,13,21,24H,3,5,7-9,12H2,1-2H3/t13-/m1/s1. The second kappa shape index (κ2) is 9.17. The highest BCUT2D eigenvalue weighted by atomic mass is 16.5. The molecule has 0 saturated carbocycles. The van der Waals surface area contributed by atoms with Gasteiger partial charge in [-0.05, 0) is 37.3 Å². The van der Waals surface area contributed by atoms with E-state index in [1.807, 2.05) is 13.8 Å². The van der Waals surface area contributed by atoms with Crippen LogP contribution in [0.5, 0.6) is 5.75 Å². The molecule has 2 rings (SSSR count). The third-order valence-electron chi connectivity index (χ3n) is 4.24. The Bertz CT molecular complexity index is 723. The van der Waals surface area contributed by atoms with Crippen LogP contribution in [0.2, 0.25) is 0 Å². The number of nitrogens with one attached hydrogen (secondary N) is 1. The highest BCUT2D eigenvalue weighted by Gasteiger charge is 2.20. The van der Waals surface area contributed by atoms with Crippen molar-refractivity contribution in [2.24, 2.45) is 5.92 Å². The first-order valence-corrected chi connectivity index (χ1v) is 8.93. The van der Waals surface area contributed by atoms with Gasteiger partial charge in [0.2, 0.25) is 0 Å². The van der Waals surface area contributed by atoms with Gasteiger partial charge >= 0.3 is 5.97 Å². The molecule has 6 nitrogen and oxygen atoms in total. The Kier molecular flexibility index (Phi) is 6.95. The summed E-state index contributed by atoms with van der Waals surface area (Å²) >= 11 is 0. The first-order chi connectivity index (χ1) is 12.4. The number of aromatic hydroxyl groups is 1. The zero-order valence-corrected chi connectivity index (χ0v) is 15.2. The van der Waals surface area contributed by atoms with Gasteiger partial charge in [-0.15, -0.1) is 0 Å². The predicted molar refractivity (Wildman–Crippen MR) is 99.2 cm³/mol. The first kappa shape index (κ1) is 19.7. The SMILES string of the molecule is CCNc1cc(O)c2c(c1)C=CCCC(=O)C(=O)CC[C@@H](C)COC2=O. The molecular weight excluding hydrogens is 334 g/mol. The molecule has 1 aromatic rings. The number of hydrogen-bond donors (Lipinski definition) is 2. The molecule has 0 bridgehead atoms. The number of hydrogen-bond acceptors (Lipinski definition) is 6. The Hall–Kier alpha value is -2.63. The molecule has 0 saturated heterocycles. The van der Waals surface area contributed by atoms with Gasteiger partial charge in [-0.1, -0.05) is 19.1 Å². The molecule has 6 heteroatoms. The molecular formula is C20H25NO5. The van der Waals surface area contributed by atoms with Crippen LogP contribution in [0.25, 0.3) is 6.08 Å². The Morgan fingerprint density at radius 3 is 2.65 bits per heavy atom. The van der Waals surface area contributed by atoms with Gasteiger partial charge in [-0.25, -0.2) is 4.79 Å². The minimum atomic E-state index is -0.600. The molecule has 0 fully saturated rings. The monoisotopic (exact) mass is 359 g/mol. The topological polar surface area (TPSA) is 92.7 Å². The summed E-state index contributed by atoms with van der Waals surface area (Å²) in [6.45, 7) is 4.57. The van der Waals surface area contributed by atoms with Gasteiger partial charge in [0, 0.05) is 31.1 Å². The second-order valence-corrected chi connectivity index (χ2v) is 6.52. The number of phenolic OH excluding ortho intramolecular Hbond substituents is 1. The number of ether oxygens (including phenoxy) is 1. The van der Waals surface area contributed by atoms with Crippen molar-refractivity contribution in [2.75, 3.05) is 18.5 Å². The third-order valence-corrected chi connectivity index (χ3v) is 4.24. The molecule has 1 aromatic carbocycles. The van der Waals surface area contributed by atoms with Crippen molar-refractivity contribution >= 4 is 29.3 Å². The molecule has 0 amide bonds. The summed E-state index contributed by atoms with van der Waals surface area (Å²) in [5.41, 5.74) is 1.30. The summed E-state index contributed by atoms with van der Waals surface area (Å²) in [6, 6.07) is 3.24. The maximum Gasteiger partial charge on any atom is 0.342 e. The average molecular weight is 359 g/mol. The van der Waals surface area contributed by atoms with Crippen molar-refractivity contribution in [2.45, 2.75) is 39.5 Å². The van der Waals surface area contributed by atoms with E-state index in [0.717, 1.165) is 0 Å². The molecule has 1 atom stereocenters. The van der Waals surface area contributed by atoms with Gasteiger partial charge in [0.15, 0.2) is 11.6 Å². The fourth-order valence-corrected chi connectivity index (χ4v) is 2.76. The molecule has 26 heavy (non-hydrogen) atoms. The maximum atomic E-state index is 12.5. The lowest BCUT2D eigenvalue weighted by molar-refractivity contribution is -0.136. The van der Waals surface area contributed by atoms with E-state index in [4.69, 9.17) is 4.74 Å². The van der Waals surface area contributed by atoms with Crippen LogP contribution < -0.4 is 5.32 Å². The zero-order chi connectivity index (χ0) is 19.1. The smallest absolute Gasteiger partial charge is 0.342 e. The summed E-state index contributed by atoms with van der Waals surface area (Å²) in [5.74, 6) is -1.56. The molecule has 0 spiro atoms. The quantitative estimate of drug-likeness (QED) is 0.621. The lowest BCUT2D eigenvalue weighted by Crippen LogP contribution is -2.18. The number of cyclic esters (lactones) is 1. The van der Waals surface area contributed by atoms with Crippen LogP contribution >= 0.6 is 0 Å². The average Bonchev–Trinajstić information content (AvgIpc) is 2.60. The Morgan fingerprint density at radius 1 is 1.19 bits per heavy atom. The van der Waals surface area contributed by atoms with E-state index in [1.165, 1.54) is 6.07 Å².